The average Bonchev–Trinajstić information content (AvgIpc) is 3.72. The molecule has 0 spiro atoms. The van der Waals surface area contributed by atoms with Crippen molar-refractivity contribution in [3.8, 4) is 0 Å². The van der Waals surface area contributed by atoms with Crippen molar-refractivity contribution in [2.75, 3.05) is 6.54 Å². The second-order valence-corrected chi connectivity index (χ2v) is 12.1. The summed E-state index contributed by atoms with van der Waals surface area (Å²) in [5, 5.41) is 21.1. The molecule has 0 fully saturated rings. The SMILES string of the molecule is CC(C)[C@H]1NC(=O)[C@@H](NC(=O)c2n[nH]c3c2CCC3)CCCCNC(=O)[C@@H](Cc2ccccc2)NC(=O)c2csc1n2. The summed E-state index contributed by atoms with van der Waals surface area (Å²) < 4.78 is 0. The lowest BCUT2D eigenvalue weighted by Gasteiger charge is -2.25. The van der Waals surface area contributed by atoms with Gasteiger partial charge in [-0.2, -0.15) is 5.10 Å². The molecule has 5 N–H and O–H groups in total. The highest BCUT2D eigenvalue weighted by molar-refractivity contribution is 7.09. The van der Waals surface area contributed by atoms with Crippen LogP contribution in [0, 0.1) is 5.92 Å². The zero-order valence-electron chi connectivity index (χ0n) is 23.9. The third-order valence-corrected chi connectivity index (χ3v) is 8.68. The summed E-state index contributed by atoms with van der Waals surface area (Å²) in [6.45, 7) is 4.29. The van der Waals surface area contributed by atoms with Crippen LogP contribution in [0.2, 0.25) is 0 Å². The van der Waals surface area contributed by atoms with E-state index < -0.39 is 24.0 Å². The fourth-order valence-electron chi connectivity index (χ4n) is 5.40. The van der Waals surface area contributed by atoms with Gasteiger partial charge in [-0.3, -0.25) is 24.3 Å². The highest BCUT2D eigenvalue weighted by atomic mass is 32.1. The molecule has 0 unspecified atom stereocenters. The van der Waals surface area contributed by atoms with Crippen LogP contribution in [0.1, 0.15) is 88.4 Å². The van der Waals surface area contributed by atoms with Crippen LogP contribution in [0.3, 0.4) is 0 Å². The van der Waals surface area contributed by atoms with Crippen LogP contribution in [0.5, 0.6) is 0 Å². The minimum atomic E-state index is -0.801. The number of carbonyl (C=O) groups is 4. The molecule has 2 aromatic heterocycles. The molecule has 3 aromatic rings. The van der Waals surface area contributed by atoms with Crippen LogP contribution in [-0.4, -0.2) is 57.4 Å². The zero-order chi connectivity index (χ0) is 29.6. The minimum absolute atomic E-state index is 0.0301. The predicted molar refractivity (Wildman–Crippen MR) is 158 cm³/mol. The maximum atomic E-state index is 13.6. The van der Waals surface area contributed by atoms with E-state index in [0.29, 0.717) is 42.9 Å². The maximum Gasteiger partial charge on any atom is 0.272 e. The van der Waals surface area contributed by atoms with E-state index in [1.54, 1.807) is 5.38 Å². The van der Waals surface area contributed by atoms with Gasteiger partial charge in [-0.25, -0.2) is 4.98 Å². The Kier molecular flexibility index (Phi) is 9.31. The van der Waals surface area contributed by atoms with E-state index in [-0.39, 0.29) is 29.3 Å². The van der Waals surface area contributed by atoms with Gasteiger partial charge in [-0.05, 0) is 50.0 Å². The number of benzene rings is 1. The average molecular weight is 592 g/mol. The van der Waals surface area contributed by atoms with Gasteiger partial charge in [0.05, 0.1) is 6.04 Å². The molecule has 0 radical (unpaired) electrons. The van der Waals surface area contributed by atoms with E-state index in [1.165, 1.54) is 11.3 Å². The molecular weight excluding hydrogens is 554 g/mol. The quantitative estimate of drug-likeness (QED) is 0.307. The van der Waals surface area contributed by atoms with Crippen LogP contribution in [0.15, 0.2) is 35.7 Å². The fraction of sp³-hybridized carbons (Fsp3) is 0.467. The van der Waals surface area contributed by atoms with Crippen molar-refractivity contribution in [2.45, 2.75) is 76.9 Å². The Labute approximate surface area is 248 Å². The number of aromatic amines is 1. The van der Waals surface area contributed by atoms with Crippen molar-refractivity contribution >= 4 is 35.0 Å². The van der Waals surface area contributed by atoms with Crippen molar-refractivity contribution in [1.29, 1.82) is 0 Å². The second kappa shape index (κ2) is 13.3. The lowest BCUT2D eigenvalue weighted by Crippen LogP contribution is -2.49. The predicted octanol–water partition coefficient (Wildman–Crippen LogP) is 2.61. The third kappa shape index (κ3) is 6.87. The summed E-state index contributed by atoms with van der Waals surface area (Å²) in [7, 11) is 0. The molecule has 2 aliphatic rings. The van der Waals surface area contributed by atoms with E-state index in [4.69, 9.17) is 0 Å². The molecule has 42 heavy (non-hydrogen) atoms. The number of aromatic nitrogens is 3. The van der Waals surface area contributed by atoms with Gasteiger partial charge in [0.25, 0.3) is 11.8 Å². The monoisotopic (exact) mass is 591 g/mol. The van der Waals surface area contributed by atoms with Gasteiger partial charge in [0.15, 0.2) is 5.69 Å². The number of H-pyrrole nitrogens is 1. The standard InChI is InChI=1S/C30H37N7O4S/c1-17(2)24-30-34-23(16-42-30)28(40)33-22(15-18-9-4-3-5-10-18)26(38)31-14-7-6-12-21(27(39)35-24)32-29(41)25-19-11-8-13-20(19)36-37-25/h3-5,9-10,16-17,21-22,24H,6-8,11-15H2,1-2H3,(H,31,38)(H,32,41)(H,33,40)(H,35,39)(H,36,37)/t21-,22+,24+/m0/s1. The van der Waals surface area contributed by atoms with Crippen LogP contribution in [-0.2, 0) is 28.9 Å². The highest BCUT2D eigenvalue weighted by Crippen LogP contribution is 2.26. The largest absolute Gasteiger partial charge is 0.354 e. The first-order valence-electron chi connectivity index (χ1n) is 14.6. The molecular formula is C30H37N7O4S. The van der Waals surface area contributed by atoms with Crippen LogP contribution >= 0.6 is 11.3 Å². The van der Waals surface area contributed by atoms with Crippen molar-refractivity contribution < 1.29 is 19.2 Å². The Bertz CT molecular complexity index is 1430. The summed E-state index contributed by atoms with van der Waals surface area (Å²) in [6.07, 6.45) is 4.52. The van der Waals surface area contributed by atoms with E-state index in [9.17, 15) is 19.2 Å². The molecule has 1 aromatic carbocycles. The number of thiazole rings is 1. The Balaban J connectivity index is 1.37. The Hall–Kier alpha value is -4.06. The molecule has 3 heterocycles. The number of nitrogens with one attached hydrogen (secondary N) is 5. The van der Waals surface area contributed by atoms with Crippen molar-refractivity contribution in [1.82, 2.24) is 36.4 Å². The van der Waals surface area contributed by atoms with Gasteiger partial charge < -0.3 is 21.3 Å². The molecule has 4 amide bonds. The van der Waals surface area contributed by atoms with Crippen molar-refractivity contribution in [2.24, 2.45) is 5.92 Å². The van der Waals surface area contributed by atoms with Gasteiger partial charge in [0, 0.05) is 29.6 Å². The third-order valence-electron chi connectivity index (χ3n) is 7.75. The first-order chi connectivity index (χ1) is 20.3. The van der Waals surface area contributed by atoms with Gasteiger partial charge >= 0.3 is 0 Å². The number of hydrogen-bond acceptors (Lipinski definition) is 7. The van der Waals surface area contributed by atoms with Crippen LogP contribution in [0.4, 0.5) is 0 Å². The number of fused-ring (bicyclic) bond motifs is 3. The first-order valence-corrected chi connectivity index (χ1v) is 15.4. The molecule has 5 rings (SSSR count). The number of aryl methyl sites for hydroxylation is 1. The first kappa shape index (κ1) is 29.4. The summed E-state index contributed by atoms with van der Waals surface area (Å²) in [4.78, 5) is 57.7. The second-order valence-electron chi connectivity index (χ2n) is 11.2. The van der Waals surface area contributed by atoms with Crippen molar-refractivity contribution in [3.63, 3.8) is 0 Å². The molecule has 222 valence electrons. The number of nitrogens with zero attached hydrogens (tertiary/aromatic N) is 2. The Morgan fingerprint density at radius 1 is 1.05 bits per heavy atom. The molecule has 12 heteroatoms. The number of rotatable bonds is 5. The summed E-state index contributed by atoms with van der Waals surface area (Å²) in [6, 6.07) is 7.49. The summed E-state index contributed by atoms with van der Waals surface area (Å²) in [5.41, 5.74) is 3.35. The molecule has 0 saturated carbocycles. The topological polar surface area (TPSA) is 158 Å². The van der Waals surface area contributed by atoms with Gasteiger partial charge in [-0.1, -0.05) is 44.2 Å². The van der Waals surface area contributed by atoms with E-state index in [1.807, 2.05) is 44.2 Å². The Morgan fingerprint density at radius 3 is 2.64 bits per heavy atom. The highest BCUT2D eigenvalue weighted by Gasteiger charge is 2.31. The number of amides is 4. The normalized spacial score (nSPS) is 21.8. The van der Waals surface area contributed by atoms with Crippen molar-refractivity contribution in [3.05, 3.63) is 68.9 Å². The van der Waals surface area contributed by atoms with E-state index in [0.717, 1.165) is 36.1 Å². The van der Waals surface area contributed by atoms with E-state index in [2.05, 4.69) is 36.4 Å². The number of hydrogen-bond donors (Lipinski definition) is 5. The molecule has 3 atom stereocenters. The van der Waals surface area contributed by atoms with Gasteiger partial charge in [0.1, 0.15) is 22.8 Å². The molecule has 11 nitrogen and oxygen atoms in total. The lowest BCUT2D eigenvalue weighted by molar-refractivity contribution is -0.124. The van der Waals surface area contributed by atoms with Gasteiger partial charge in [-0.15, -0.1) is 11.3 Å². The van der Waals surface area contributed by atoms with E-state index >= 15 is 0 Å². The molecule has 1 aliphatic heterocycles. The molecule has 2 bridgehead atoms. The van der Waals surface area contributed by atoms with Gasteiger partial charge in [0.2, 0.25) is 11.8 Å². The Morgan fingerprint density at radius 2 is 1.86 bits per heavy atom. The van der Waals surface area contributed by atoms with Crippen LogP contribution < -0.4 is 21.3 Å². The lowest BCUT2D eigenvalue weighted by atomic mass is 10.0. The summed E-state index contributed by atoms with van der Waals surface area (Å²) >= 11 is 1.28. The number of carbonyl (C=O) groups excluding carboxylic acids is 4. The minimum Gasteiger partial charge on any atom is -0.354 e. The summed E-state index contributed by atoms with van der Waals surface area (Å²) in [5.74, 6) is -1.47. The van der Waals surface area contributed by atoms with Crippen LogP contribution in [0.25, 0.3) is 0 Å². The fourth-order valence-corrected chi connectivity index (χ4v) is 6.43. The smallest absolute Gasteiger partial charge is 0.272 e. The molecule has 1 aliphatic carbocycles. The zero-order valence-corrected chi connectivity index (χ0v) is 24.7. The molecule has 0 saturated heterocycles. The maximum absolute atomic E-state index is 13.6.